The van der Waals surface area contributed by atoms with E-state index in [1.807, 2.05) is 0 Å². The van der Waals surface area contributed by atoms with Gasteiger partial charge in [-0.2, -0.15) is 15.0 Å². The van der Waals surface area contributed by atoms with Crippen molar-refractivity contribution >= 4 is 11.9 Å². The molecule has 8 heteroatoms. The average molecular weight is 214 g/mol. The third kappa shape index (κ3) is 3.18. The molecule has 0 fully saturated rings. The number of nitrogens with one attached hydrogen (secondary N) is 1. The summed E-state index contributed by atoms with van der Waals surface area (Å²) in [4.78, 5) is 13.5. The summed E-state index contributed by atoms with van der Waals surface area (Å²) in [6.07, 6.45) is 0. The molecule has 0 aliphatic carbocycles. The quantitative estimate of drug-likeness (QED) is 0.405. The number of hydrogen-bond acceptors (Lipinski definition) is 8. The van der Waals surface area contributed by atoms with Crippen molar-refractivity contribution in [1.29, 1.82) is 0 Å². The second-order valence-corrected chi connectivity index (χ2v) is 2.85. The number of aliphatic hydroxyl groups excluding tert-OH is 1. The van der Waals surface area contributed by atoms with Crippen molar-refractivity contribution in [2.75, 3.05) is 37.6 Å². The fourth-order valence-electron chi connectivity index (χ4n) is 0.812. The summed E-state index contributed by atoms with van der Waals surface area (Å²) in [6.45, 7) is 0.0231. The number of hydrogen-bond donors (Lipinski definition) is 3. The van der Waals surface area contributed by atoms with Crippen LogP contribution in [0.1, 0.15) is 0 Å². The molecule has 0 aromatic carbocycles. The summed E-state index contributed by atoms with van der Waals surface area (Å²) < 4.78 is 5.05. The van der Waals surface area contributed by atoms with Gasteiger partial charge in [-0.05, 0) is 0 Å². The maximum absolute atomic E-state index is 8.59. The van der Waals surface area contributed by atoms with Crippen molar-refractivity contribution in [3.63, 3.8) is 0 Å². The summed E-state index contributed by atoms with van der Waals surface area (Å²) in [5.74, 6) is 5.82. The van der Waals surface area contributed by atoms with Crippen LogP contribution in [0.2, 0.25) is 0 Å². The molecular weight excluding hydrogens is 200 g/mol. The molecular formula is C7H14N6O2. The van der Waals surface area contributed by atoms with Crippen LogP contribution in [0.25, 0.3) is 0 Å². The second-order valence-electron chi connectivity index (χ2n) is 2.85. The average Bonchev–Trinajstić information content (AvgIpc) is 2.25. The minimum atomic E-state index is -0.103. The fourth-order valence-corrected chi connectivity index (χ4v) is 0.812. The topological polar surface area (TPSA) is 109 Å². The van der Waals surface area contributed by atoms with Crippen LogP contribution in [0.5, 0.6) is 6.01 Å². The molecule has 0 saturated carbocycles. The molecule has 0 bridgehead atoms. The Bertz CT molecular complexity index is 318. The van der Waals surface area contributed by atoms with Crippen LogP contribution >= 0.6 is 0 Å². The van der Waals surface area contributed by atoms with Gasteiger partial charge in [0, 0.05) is 14.1 Å². The third-order valence-corrected chi connectivity index (χ3v) is 1.45. The van der Waals surface area contributed by atoms with Gasteiger partial charge in [-0.25, -0.2) is 5.84 Å². The number of hydrazine groups is 1. The van der Waals surface area contributed by atoms with Crippen molar-refractivity contribution in [1.82, 2.24) is 15.0 Å². The van der Waals surface area contributed by atoms with Crippen LogP contribution in [0, 0.1) is 0 Å². The Kier molecular flexibility index (Phi) is 4.01. The number of ether oxygens (including phenoxy) is 1. The van der Waals surface area contributed by atoms with Gasteiger partial charge in [0.05, 0.1) is 6.61 Å². The summed E-state index contributed by atoms with van der Waals surface area (Å²) in [7, 11) is 3.57. The first-order valence-corrected chi connectivity index (χ1v) is 4.31. The Labute approximate surface area is 87.1 Å². The van der Waals surface area contributed by atoms with Gasteiger partial charge in [0.1, 0.15) is 6.61 Å². The molecule has 4 N–H and O–H groups in total. The van der Waals surface area contributed by atoms with E-state index in [0.717, 1.165) is 0 Å². The van der Waals surface area contributed by atoms with E-state index >= 15 is 0 Å². The zero-order chi connectivity index (χ0) is 11.3. The molecule has 0 radical (unpaired) electrons. The molecule has 8 nitrogen and oxygen atoms in total. The van der Waals surface area contributed by atoms with Crippen molar-refractivity contribution in [2.45, 2.75) is 0 Å². The largest absolute Gasteiger partial charge is 0.461 e. The molecule has 84 valence electrons. The number of nitrogens with two attached hydrogens (primary N) is 1. The van der Waals surface area contributed by atoms with E-state index in [-0.39, 0.29) is 25.2 Å². The molecule has 1 heterocycles. The number of rotatable bonds is 5. The molecule has 0 atom stereocenters. The lowest BCUT2D eigenvalue weighted by Crippen LogP contribution is -2.18. The summed E-state index contributed by atoms with van der Waals surface area (Å²) in [6, 6.07) is 0.121. The third-order valence-electron chi connectivity index (χ3n) is 1.45. The van der Waals surface area contributed by atoms with Crippen LogP contribution in [0.3, 0.4) is 0 Å². The maximum Gasteiger partial charge on any atom is 0.323 e. The molecule has 0 amide bonds. The number of anilines is 2. The molecule has 0 unspecified atom stereocenters. The van der Waals surface area contributed by atoms with Crippen molar-refractivity contribution < 1.29 is 9.84 Å². The first-order chi connectivity index (χ1) is 7.17. The molecule has 0 spiro atoms. The van der Waals surface area contributed by atoms with Gasteiger partial charge in [-0.1, -0.05) is 0 Å². The Hall–Kier alpha value is -1.67. The van der Waals surface area contributed by atoms with Gasteiger partial charge in [0.25, 0.3) is 0 Å². The van der Waals surface area contributed by atoms with E-state index < -0.39 is 0 Å². The summed E-state index contributed by atoms with van der Waals surface area (Å²) in [5, 5.41) is 8.59. The van der Waals surface area contributed by atoms with Gasteiger partial charge in [0.15, 0.2) is 0 Å². The maximum atomic E-state index is 8.59. The van der Waals surface area contributed by atoms with Gasteiger partial charge in [-0.15, -0.1) is 0 Å². The minimum absolute atomic E-state index is 0.103. The van der Waals surface area contributed by atoms with Crippen LogP contribution < -0.4 is 20.9 Å². The highest BCUT2D eigenvalue weighted by molar-refractivity contribution is 5.35. The smallest absolute Gasteiger partial charge is 0.323 e. The van der Waals surface area contributed by atoms with Crippen LogP contribution in [0.15, 0.2) is 0 Å². The molecule has 1 aromatic heterocycles. The number of nitrogens with zero attached hydrogens (tertiary/aromatic N) is 4. The summed E-state index contributed by atoms with van der Waals surface area (Å²) >= 11 is 0. The van der Waals surface area contributed by atoms with Crippen LogP contribution in [0.4, 0.5) is 11.9 Å². The van der Waals surface area contributed by atoms with Gasteiger partial charge in [0.2, 0.25) is 11.9 Å². The number of aliphatic hydroxyl groups is 1. The molecule has 0 saturated heterocycles. The molecule has 1 aromatic rings. The monoisotopic (exact) mass is 214 g/mol. The van der Waals surface area contributed by atoms with Crippen LogP contribution in [-0.4, -0.2) is 47.4 Å². The zero-order valence-electron chi connectivity index (χ0n) is 8.64. The van der Waals surface area contributed by atoms with E-state index in [9.17, 15) is 0 Å². The van der Waals surface area contributed by atoms with E-state index in [2.05, 4.69) is 20.4 Å². The lowest BCUT2D eigenvalue weighted by atomic mass is 10.7. The van der Waals surface area contributed by atoms with Gasteiger partial charge >= 0.3 is 6.01 Å². The SMILES string of the molecule is CN(C)c1nc(NN)nc(OCCO)n1. The normalized spacial score (nSPS) is 9.87. The highest BCUT2D eigenvalue weighted by Gasteiger charge is 2.07. The Balaban J connectivity index is 2.90. The van der Waals surface area contributed by atoms with E-state index in [0.29, 0.717) is 5.95 Å². The molecule has 15 heavy (non-hydrogen) atoms. The Morgan fingerprint density at radius 1 is 1.40 bits per heavy atom. The van der Waals surface area contributed by atoms with Gasteiger partial charge in [-0.3, -0.25) is 5.43 Å². The zero-order valence-corrected chi connectivity index (χ0v) is 8.64. The Morgan fingerprint density at radius 3 is 2.67 bits per heavy atom. The highest BCUT2D eigenvalue weighted by atomic mass is 16.5. The molecule has 0 aliphatic rings. The lowest BCUT2D eigenvalue weighted by molar-refractivity contribution is 0.191. The lowest BCUT2D eigenvalue weighted by Gasteiger charge is -2.12. The predicted molar refractivity (Wildman–Crippen MR) is 54.5 cm³/mol. The second kappa shape index (κ2) is 5.27. The van der Waals surface area contributed by atoms with Crippen molar-refractivity contribution in [2.24, 2.45) is 5.84 Å². The summed E-state index contributed by atoms with van der Waals surface area (Å²) in [5.41, 5.74) is 2.31. The van der Waals surface area contributed by atoms with Crippen molar-refractivity contribution in [3.05, 3.63) is 0 Å². The number of aromatic nitrogens is 3. The van der Waals surface area contributed by atoms with E-state index in [1.54, 1.807) is 19.0 Å². The first kappa shape index (κ1) is 11.4. The van der Waals surface area contributed by atoms with E-state index in [1.165, 1.54) is 0 Å². The fraction of sp³-hybridized carbons (Fsp3) is 0.571. The molecule has 1 rings (SSSR count). The van der Waals surface area contributed by atoms with Crippen molar-refractivity contribution in [3.8, 4) is 6.01 Å². The molecule has 0 aliphatic heterocycles. The first-order valence-electron chi connectivity index (χ1n) is 4.31. The predicted octanol–water partition coefficient (Wildman–Crippen LogP) is -1.41. The van der Waals surface area contributed by atoms with E-state index in [4.69, 9.17) is 15.7 Å². The standard InChI is InChI=1S/C7H14N6O2/c1-13(2)6-9-5(12-8)10-7(11-6)15-4-3-14/h14H,3-4,8H2,1-2H3,(H,9,10,11,12). The van der Waals surface area contributed by atoms with Gasteiger partial charge < -0.3 is 14.7 Å². The highest BCUT2D eigenvalue weighted by Crippen LogP contribution is 2.11. The number of nitrogen functional groups attached to an aromatic ring is 1. The Morgan fingerprint density at radius 2 is 2.13 bits per heavy atom. The minimum Gasteiger partial charge on any atom is -0.461 e. The van der Waals surface area contributed by atoms with Crippen LogP contribution in [-0.2, 0) is 0 Å².